The van der Waals surface area contributed by atoms with Gasteiger partial charge in [0, 0.05) is 31.3 Å². The van der Waals surface area contributed by atoms with Gasteiger partial charge in [0.25, 0.3) is 5.56 Å². The molecule has 1 aromatic heterocycles. The average Bonchev–Trinajstić information content (AvgIpc) is 2.59. The van der Waals surface area contributed by atoms with Gasteiger partial charge in [0.2, 0.25) is 0 Å². The molecule has 6 heteroatoms. The molecule has 0 aliphatic carbocycles. The molecule has 2 N–H and O–H groups in total. The average molecular weight is 327 g/mol. The molecular formula is C18H21N3O3. The maximum Gasteiger partial charge on any atom is 0.322 e. The van der Waals surface area contributed by atoms with Gasteiger partial charge in [-0.1, -0.05) is 30.3 Å². The Bertz CT molecular complexity index is 758. The van der Waals surface area contributed by atoms with E-state index < -0.39 is 0 Å². The molecule has 1 saturated heterocycles. The number of anilines is 1. The molecule has 2 amide bonds. The molecule has 24 heavy (non-hydrogen) atoms. The predicted octanol–water partition coefficient (Wildman–Crippen LogP) is 2.16. The summed E-state index contributed by atoms with van der Waals surface area (Å²) in [5.74, 6) is 0. The monoisotopic (exact) mass is 327 g/mol. The Balaban J connectivity index is 1.60. The summed E-state index contributed by atoms with van der Waals surface area (Å²) in [4.78, 5) is 28.2. The van der Waals surface area contributed by atoms with Crippen LogP contribution in [0.4, 0.5) is 10.5 Å². The van der Waals surface area contributed by atoms with Crippen LogP contribution in [0.1, 0.15) is 11.1 Å². The SMILES string of the molecule is Cc1cc(NC(=O)N2CCO[C@@H](Cc3ccccc3)C2)c[nH]c1=O. The first kappa shape index (κ1) is 16.3. The number of urea groups is 1. The first-order valence-electron chi connectivity index (χ1n) is 8.02. The molecule has 0 saturated carbocycles. The molecule has 0 unspecified atom stereocenters. The summed E-state index contributed by atoms with van der Waals surface area (Å²) in [5.41, 5.74) is 2.20. The van der Waals surface area contributed by atoms with Crippen molar-refractivity contribution in [2.45, 2.75) is 19.4 Å². The number of aromatic amines is 1. The van der Waals surface area contributed by atoms with Crippen LogP contribution in [-0.4, -0.2) is 41.7 Å². The van der Waals surface area contributed by atoms with E-state index in [1.54, 1.807) is 17.9 Å². The molecular weight excluding hydrogens is 306 g/mol. The van der Waals surface area contributed by atoms with Gasteiger partial charge in [-0.2, -0.15) is 0 Å². The minimum atomic E-state index is -0.178. The van der Waals surface area contributed by atoms with Crippen molar-refractivity contribution in [3.63, 3.8) is 0 Å². The summed E-state index contributed by atoms with van der Waals surface area (Å²) < 4.78 is 5.78. The van der Waals surface area contributed by atoms with Crippen molar-refractivity contribution in [3.8, 4) is 0 Å². The first-order valence-corrected chi connectivity index (χ1v) is 8.02. The summed E-state index contributed by atoms with van der Waals surface area (Å²) in [5, 5.41) is 2.83. The highest BCUT2D eigenvalue weighted by atomic mass is 16.5. The highest BCUT2D eigenvalue weighted by Crippen LogP contribution is 2.13. The number of pyridine rings is 1. The lowest BCUT2D eigenvalue weighted by Gasteiger charge is -2.33. The van der Waals surface area contributed by atoms with Crippen molar-refractivity contribution in [1.82, 2.24) is 9.88 Å². The van der Waals surface area contributed by atoms with Crippen molar-refractivity contribution < 1.29 is 9.53 Å². The van der Waals surface area contributed by atoms with Crippen LogP contribution >= 0.6 is 0 Å². The van der Waals surface area contributed by atoms with E-state index in [9.17, 15) is 9.59 Å². The molecule has 2 heterocycles. The van der Waals surface area contributed by atoms with Gasteiger partial charge in [-0.15, -0.1) is 0 Å². The molecule has 126 valence electrons. The number of morpholine rings is 1. The quantitative estimate of drug-likeness (QED) is 0.907. The molecule has 1 aliphatic rings. The third-order valence-corrected chi connectivity index (χ3v) is 4.07. The third-order valence-electron chi connectivity index (χ3n) is 4.07. The lowest BCUT2D eigenvalue weighted by molar-refractivity contribution is -0.0113. The standard InChI is InChI=1S/C18H21N3O3/c1-13-9-15(11-19-17(13)22)20-18(23)21-7-8-24-16(12-21)10-14-5-3-2-4-6-14/h2-6,9,11,16H,7-8,10,12H2,1H3,(H,19,22)(H,20,23)/t16-/m0/s1. The number of nitrogens with one attached hydrogen (secondary N) is 2. The van der Waals surface area contributed by atoms with Gasteiger partial charge >= 0.3 is 6.03 Å². The van der Waals surface area contributed by atoms with Crippen molar-refractivity contribution in [2.24, 2.45) is 0 Å². The Kier molecular flexibility index (Phi) is 4.96. The second-order valence-electron chi connectivity index (χ2n) is 5.96. The van der Waals surface area contributed by atoms with Crippen LogP contribution in [0.15, 0.2) is 47.4 Å². The summed E-state index contributed by atoms with van der Waals surface area (Å²) in [6.45, 7) is 3.33. The molecule has 0 radical (unpaired) electrons. The number of nitrogens with zero attached hydrogens (tertiary/aromatic N) is 1. The largest absolute Gasteiger partial charge is 0.374 e. The van der Waals surface area contributed by atoms with Crippen molar-refractivity contribution in [1.29, 1.82) is 0 Å². The number of amides is 2. The number of H-pyrrole nitrogens is 1. The third kappa shape index (κ3) is 4.02. The number of hydrogen-bond acceptors (Lipinski definition) is 3. The number of benzene rings is 1. The fourth-order valence-electron chi connectivity index (χ4n) is 2.78. The van der Waals surface area contributed by atoms with Gasteiger partial charge in [0.05, 0.1) is 18.4 Å². The topological polar surface area (TPSA) is 74.4 Å². The van der Waals surface area contributed by atoms with E-state index in [0.717, 1.165) is 6.42 Å². The van der Waals surface area contributed by atoms with E-state index in [1.807, 2.05) is 18.2 Å². The van der Waals surface area contributed by atoms with E-state index in [0.29, 0.717) is 30.9 Å². The van der Waals surface area contributed by atoms with E-state index in [1.165, 1.54) is 11.8 Å². The summed E-state index contributed by atoms with van der Waals surface area (Å²) in [6, 6.07) is 11.6. The maximum absolute atomic E-state index is 12.4. The number of carbonyl (C=O) groups excluding carboxylic acids is 1. The summed E-state index contributed by atoms with van der Waals surface area (Å²) in [6.07, 6.45) is 2.28. The van der Waals surface area contributed by atoms with Gasteiger partial charge in [0.1, 0.15) is 0 Å². The zero-order valence-electron chi connectivity index (χ0n) is 13.6. The van der Waals surface area contributed by atoms with Gasteiger partial charge in [-0.25, -0.2) is 4.79 Å². The molecule has 0 bridgehead atoms. The van der Waals surface area contributed by atoms with Gasteiger partial charge in [0.15, 0.2) is 0 Å². The Labute approximate surface area is 140 Å². The van der Waals surface area contributed by atoms with E-state index in [2.05, 4.69) is 22.4 Å². The highest BCUT2D eigenvalue weighted by molar-refractivity contribution is 5.89. The number of ether oxygens (including phenoxy) is 1. The highest BCUT2D eigenvalue weighted by Gasteiger charge is 2.24. The maximum atomic E-state index is 12.4. The molecule has 2 aromatic rings. The fourth-order valence-corrected chi connectivity index (χ4v) is 2.78. The smallest absolute Gasteiger partial charge is 0.322 e. The van der Waals surface area contributed by atoms with Crippen LogP contribution < -0.4 is 10.9 Å². The lowest BCUT2D eigenvalue weighted by Crippen LogP contribution is -2.48. The second kappa shape index (κ2) is 7.31. The van der Waals surface area contributed by atoms with Crippen LogP contribution in [0.2, 0.25) is 0 Å². The number of aryl methyl sites for hydroxylation is 1. The van der Waals surface area contributed by atoms with Crippen LogP contribution in [0.3, 0.4) is 0 Å². The zero-order valence-corrected chi connectivity index (χ0v) is 13.6. The normalized spacial score (nSPS) is 17.5. The Morgan fingerprint density at radius 2 is 2.17 bits per heavy atom. The van der Waals surface area contributed by atoms with Crippen molar-refractivity contribution >= 4 is 11.7 Å². The molecule has 3 rings (SSSR count). The second-order valence-corrected chi connectivity index (χ2v) is 5.96. The van der Waals surface area contributed by atoms with Gasteiger partial charge < -0.3 is 19.9 Å². The molecule has 1 aliphatic heterocycles. The Morgan fingerprint density at radius 3 is 2.92 bits per heavy atom. The zero-order chi connectivity index (χ0) is 16.9. The lowest BCUT2D eigenvalue weighted by atomic mass is 10.1. The molecule has 1 fully saturated rings. The minimum Gasteiger partial charge on any atom is -0.374 e. The van der Waals surface area contributed by atoms with E-state index in [-0.39, 0.29) is 17.7 Å². The van der Waals surface area contributed by atoms with Crippen LogP contribution in [0.5, 0.6) is 0 Å². The first-order chi connectivity index (χ1) is 11.6. The molecule has 6 nitrogen and oxygen atoms in total. The summed E-state index contributed by atoms with van der Waals surface area (Å²) in [7, 11) is 0. The number of aromatic nitrogens is 1. The Hall–Kier alpha value is -2.60. The van der Waals surface area contributed by atoms with Crippen molar-refractivity contribution in [3.05, 3.63) is 64.1 Å². The van der Waals surface area contributed by atoms with Crippen LogP contribution in [0, 0.1) is 6.92 Å². The van der Waals surface area contributed by atoms with Crippen molar-refractivity contribution in [2.75, 3.05) is 25.0 Å². The Morgan fingerprint density at radius 1 is 1.38 bits per heavy atom. The minimum absolute atomic E-state index is 0.00998. The molecule has 1 aromatic carbocycles. The summed E-state index contributed by atoms with van der Waals surface area (Å²) >= 11 is 0. The van der Waals surface area contributed by atoms with E-state index >= 15 is 0 Å². The van der Waals surface area contributed by atoms with Crippen LogP contribution in [0.25, 0.3) is 0 Å². The fraction of sp³-hybridized carbons (Fsp3) is 0.333. The molecule has 1 atom stereocenters. The number of carbonyl (C=O) groups is 1. The number of hydrogen-bond donors (Lipinski definition) is 2. The van der Waals surface area contributed by atoms with E-state index in [4.69, 9.17) is 4.74 Å². The number of rotatable bonds is 3. The van der Waals surface area contributed by atoms with Gasteiger partial charge in [-0.05, 0) is 18.6 Å². The molecule has 0 spiro atoms. The predicted molar refractivity (Wildman–Crippen MR) is 92.3 cm³/mol. The van der Waals surface area contributed by atoms with Crippen LogP contribution in [-0.2, 0) is 11.2 Å². The van der Waals surface area contributed by atoms with Gasteiger partial charge in [-0.3, -0.25) is 4.79 Å².